The number of fused-ring (bicyclic) bond motifs is 2. The van der Waals surface area contributed by atoms with Crippen LogP contribution in [0.3, 0.4) is 0 Å². The zero-order valence-electron chi connectivity index (χ0n) is 30.1. The van der Waals surface area contributed by atoms with Gasteiger partial charge < -0.3 is 20.5 Å². The maximum atomic E-state index is 13.8. The standard InChI is InChI=1S/C35H48N6O7S2/c1-10-25(41(33(44)45)34(5,6)7)30(43)38-24(27(42)31-39-23-14-11-12-16-26(23)49-31)15-13-17-37-32(36)40-50(46,47)29-20(3)19(2)28-22(21(29)4)18-35(8,9)48-28/h11-12,14,16,24-25H,10,13,15,17-18H2,1-9H3,(H,38,43)(H,44,45)(H3,36,37,40)/t24-,25-/m0/s1. The van der Waals surface area contributed by atoms with Gasteiger partial charge in [-0.25, -0.2) is 22.9 Å². The second-order valence-corrected chi connectivity index (χ2v) is 16.9. The minimum Gasteiger partial charge on any atom is -0.487 e. The predicted octanol–water partition coefficient (Wildman–Crippen LogP) is 5.44. The molecule has 2 atom stereocenters. The summed E-state index contributed by atoms with van der Waals surface area (Å²) in [5.41, 5.74) is 2.01. The first kappa shape index (κ1) is 38.6. The molecule has 2 amide bonds. The first-order chi connectivity index (χ1) is 23.2. The fourth-order valence-corrected chi connectivity index (χ4v) is 8.91. The number of benzene rings is 2. The number of carbonyl (C=O) groups excluding carboxylic acids is 2. The molecule has 1 aliphatic heterocycles. The Morgan fingerprint density at radius 3 is 2.38 bits per heavy atom. The highest BCUT2D eigenvalue weighted by molar-refractivity contribution is 7.90. The van der Waals surface area contributed by atoms with Crippen LogP contribution in [-0.2, 0) is 21.2 Å². The van der Waals surface area contributed by atoms with E-state index in [9.17, 15) is 27.9 Å². The van der Waals surface area contributed by atoms with Crippen LogP contribution in [0.5, 0.6) is 5.75 Å². The zero-order chi connectivity index (χ0) is 37.3. The van der Waals surface area contributed by atoms with Crippen LogP contribution in [0.25, 0.3) is 10.2 Å². The van der Waals surface area contributed by atoms with E-state index in [1.165, 1.54) is 11.3 Å². The summed E-state index contributed by atoms with van der Waals surface area (Å²) >= 11 is 1.20. The van der Waals surface area contributed by atoms with Crippen molar-refractivity contribution in [3.8, 4) is 5.75 Å². The molecular weight excluding hydrogens is 681 g/mol. The van der Waals surface area contributed by atoms with Gasteiger partial charge in [-0.05, 0) is 103 Å². The van der Waals surface area contributed by atoms with E-state index in [4.69, 9.17) is 10.1 Å². The Morgan fingerprint density at radius 1 is 1.12 bits per heavy atom. The lowest BCUT2D eigenvalue weighted by atomic mass is 9.94. The van der Waals surface area contributed by atoms with Crippen molar-refractivity contribution in [1.29, 1.82) is 5.41 Å². The molecule has 2 aromatic carbocycles. The highest BCUT2D eigenvalue weighted by atomic mass is 32.2. The summed E-state index contributed by atoms with van der Waals surface area (Å²) < 4.78 is 36.4. The van der Waals surface area contributed by atoms with Gasteiger partial charge in [-0.2, -0.15) is 0 Å². The number of amides is 2. The normalized spacial score (nSPS) is 15.1. The Bertz CT molecular complexity index is 1900. The molecule has 5 N–H and O–H groups in total. The number of aromatic nitrogens is 1. The van der Waals surface area contributed by atoms with E-state index in [0.717, 1.165) is 20.7 Å². The monoisotopic (exact) mass is 728 g/mol. The molecule has 1 aromatic heterocycles. The predicted molar refractivity (Wildman–Crippen MR) is 194 cm³/mol. The first-order valence-corrected chi connectivity index (χ1v) is 18.9. The fraction of sp³-hybridized carbons (Fsp3) is 0.514. The summed E-state index contributed by atoms with van der Waals surface area (Å²) in [6, 6.07) is 5.18. The summed E-state index contributed by atoms with van der Waals surface area (Å²) in [4.78, 5) is 45.2. The summed E-state index contributed by atoms with van der Waals surface area (Å²) in [6.45, 7) is 16.1. The van der Waals surface area contributed by atoms with Gasteiger partial charge in [-0.15, -0.1) is 11.3 Å². The Kier molecular flexibility index (Phi) is 11.2. The van der Waals surface area contributed by atoms with Crippen LogP contribution in [0.15, 0.2) is 29.2 Å². The Morgan fingerprint density at radius 2 is 1.78 bits per heavy atom. The van der Waals surface area contributed by atoms with Crippen molar-refractivity contribution in [2.24, 2.45) is 0 Å². The molecule has 13 nitrogen and oxygen atoms in total. The van der Waals surface area contributed by atoms with Crippen molar-refractivity contribution >= 4 is 55.3 Å². The number of hydrogen-bond donors (Lipinski definition) is 5. The fourth-order valence-electron chi connectivity index (χ4n) is 6.43. The molecule has 0 radical (unpaired) electrons. The van der Waals surface area contributed by atoms with Gasteiger partial charge in [0, 0.05) is 24.1 Å². The lowest BCUT2D eigenvalue weighted by Gasteiger charge is -2.38. The van der Waals surface area contributed by atoms with Crippen LogP contribution in [0.1, 0.15) is 92.9 Å². The van der Waals surface area contributed by atoms with Gasteiger partial charge in [0.1, 0.15) is 17.4 Å². The first-order valence-electron chi connectivity index (χ1n) is 16.6. The number of nitrogens with one attached hydrogen (secondary N) is 4. The highest BCUT2D eigenvalue weighted by Gasteiger charge is 2.39. The maximum Gasteiger partial charge on any atom is 0.408 e. The molecule has 4 rings (SSSR count). The van der Waals surface area contributed by atoms with Crippen LogP contribution in [0, 0.1) is 26.2 Å². The Hall–Kier alpha value is -4.24. The SMILES string of the molecule is CC[C@@H](C(=O)N[C@@H](CCCNC(=N)NS(=O)(=O)c1c(C)c(C)c2c(c1C)CC(C)(C)O2)C(=O)c1nc2ccccc2s1)N(C(=O)O)C(C)(C)C. The van der Waals surface area contributed by atoms with Crippen LogP contribution in [0.4, 0.5) is 4.79 Å². The van der Waals surface area contributed by atoms with Gasteiger partial charge >= 0.3 is 6.09 Å². The third-order valence-electron chi connectivity index (χ3n) is 8.84. The summed E-state index contributed by atoms with van der Waals surface area (Å²) in [5, 5.41) is 24.1. The highest BCUT2D eigenvalue weighted by Crippen LogP contribution is 2.43. The molecule has 0 aliphatic carbocycles. The van der Waals surface area contributed by atoms with Crippen molar-refractivity contribution in [1.82, 2.24) is 25.2 Å². The maximum absolute atomic E-state index is 13.8. The Balaban J connectivity index is 1.48. The number of hydrogen-bond acceptors (Lipinski definition) is 9. The molecule has 0 saturated heterocycles. The molecule has 2 heterocycles. The lowest BCUT2D eigenvalue weighted by Crippen LogP contribution is -2.58. The van der Waals surface area contributed by atoms with Gasteiger partial charge in [-0.1, -0.05) is 19.1 Å². The number of sulfonamides is 1. The number of rotatable bonds is 12. The smallest absolute Gasteiger partial charge is 0.408 e. The van der Waals surface area contributed by atoms with E-state index in [1.54, 1.807) is 47.6 Å². The van der Waals surface area contributed by atoms with Gasteiger partial charge in [0.15, 0.2) is 5.01 Å². The zero-order valence-corrected chi connectivity index (χ0v) is 31.7. The molecule has 15 heteroatoms. The summed E-state index contributed by atoms with van der Waals surface area (Å²) in [5.74, 6) is -0.765. The van der Waals surface area contributed by atoms with E-state index >= 15 is 0 Å². The number of ketones is 1. The van der Waals surface area contributed by atoms with Crippen molar-refractivity contribution in [3.63, 3.8) is 0 Å². The number of carboxylic acid groups (broad SMARTS) is 1. The van der Waals surface area contributed by atoms with E-state index < -0.39 is 57.0 Å². The second-order valence-electron chi connectivity index (χ2n) is 14.3. The number of nitrogens with zero attached hydrogens (tertiary/aromatic N) is 2. The summed E-state index contributed by atoms with van der Waals surface area (Å²) in [7, 11) is -4.14. The van der Waals surface area contributed by atoms with Crippen molar-refractivity contribution in [2.45, 2.75) is 116 Å². The number of carbonyl (C=O) groups is 3. The topological polar surface area (TPSA) is 191 Å². The molecular formula is C35H48N6O7S2. The lowest BCUT2D eigenvalue weighted by molar-refractivity contribution is -0.128. The third-order valence-corrected chi connectivity index (χ3v) is 11.5. The average Bonchev–Trinajstić information content (AvgIpc) is 3.59. The van der Waals surface area contributed by atoms with Crippen LogP contribution in [-0.4, -0.2) is 76.9 Å². The van der Waals surface area contributed by atoms with Crippen LogP contribution in [0.2, 0.25) is 0 Å². The van der Waals surface area contributed by atoms with E-state index in [2.05, 4.69) is 20.3 Å². The van der Waals surface area contributed by atoms with E-state index in [1.807, 2.05) is 39.0 Å². The van der Waals surface area contributed by atoms with Gasteiger partial charge in [-0.3, -0.25) is 19.9 Å². The minimum atomic E-state index is -4.14. The number of Topliss-reactive ketones (excluding diaryl/α,β-unsaturated/α-hetero) is 1. The molecule has 0 fully saturated rings. The van der Waals surface area contributed by atoms with Gasteiger partial charge in [0.05, 0.1) is 21.2 Å². The minimum absolute atomic E-state index is 0.102. The summed E-state index contributed by atoms with van der Waals surface area (Å²) in [6.07, 6.45) is -0.137. The third kappa shape index (κ3) is 8.20. The molecule has 272 valence electrons. The van der Waals surface area contributed by atoms with Gasteiger partial charge in [0.2, 0.25) is 17.6 Å². The van der Waals surface area contributed by atoms with Crippen molar-refractivity contribution in [3.05, 3.63) is 51.5 Å². The molecule has 0 unspecified atom stereocenters. The van der Waals surface area contributed by atoms with Crippen LogP contribution < -0.4 is 20.1 Å². The Labute approximate surface area is 297 Å². The van der Waals surface area contributed by atoms with Crippen molar-refractivity contribution in [2.75, 3.05) is 6.54 Å². The van der Waals surface area contributed by atoms with Crippen LogP contribution >= 0.6 is 11.3 Å². The number of thiazole rings is 1. The molecule has 0 spiro atoms. The molecule has 0 saturated carbocycles. The molecule has 0 bridgehead atoms. The number of ether oxygens (including phenoxy) is 1. The quantitative estimate of drug-likeness (QED) is 0.0699. The molecule has 1 aliphatic rings. The number of para-hydroxylation sites is 1. The molecule has 3 aromatic rings. The molecule has 50 heavy (non-hydrogen) atoms. The van der Waals surface area contributed by atoms with E-state index in [-0.39, 0.29) is 35.7 Å². The average molecular weight is 729 g/mol. The van der Waals surface area contributed by atoms with Gasteiger partial charge in [0.25, 0.3) is 10.0 Å². The van der Waals surface area contributed by atoms with E-state index in [0.29, 0.717) is 28.8 Å². The number of guanidine groups is 1. The van der Waals surface area contributed by atoms with Crippen molar-refractivity contribution < 1.29 is 32.6 Å². The largest absolute Gasteiger partial charge is 0.487 e. The second kappa shape index (κ2) is 14.5.